The highest BCUT2D eigenvalue weighted by molar-refractivity contribution is 6.42. The van der Waals surface area contributed by atoms with Gasteiger partial charge in [0, 0.05) is 19.3 Å². The summed E-state index contributed by atoms with van der Waals surface area (Å²) in [5.74, 6) is 0.349. The van der Waals surface area contributed by atoms with Crippen LogP contribution in [0.2, 0.25) is 0 Å². The molecule has 2 aromatic rings. The van der Waals surface area contributed by atoms with Crippen molar-refractivity contribution >= 4 is 41.8 Å². The summed E-state index contributed by atoms with van der Waals surface area (Å²) < 4.78 is 7.30. The molecule has 0 aliphatic carbocycles. The van der Waals surface area contributed by atoms with Gasteiger partial charge >= 0.3 is 6.09 Å². The highest BCUT2D eigenvalue weighted by Crippen LogP contribution is 2.26. The average Bonchev–Trinajstić information content (AvgIpc) is 3.02. The van der Waals surface area contributed by atoms with E-state index in [4.69, 9.17) is 18.3 Å². The number of hydrogen-bond acceptors (Lipinski definition) is 5. The number of rotatable bonds is 1. The third kappa shape index (κ3) is 2.72. The Hall–Kier alpha value is -2.51. The van der Waals surface area contributed by atoms with Gasteiger partial charge in [0.05, 0.1) is 11.9 Å². The van der Waals surface area contributed by atoms with Crippen molar-refractivity contribution in [1.82, 2.24) is 19.4 Å². The van der Waals surface area contributed by atoms with Crippen molar-refractivity contribution < 1.29 is 9.53 Å². The fourth-order valence-electron chi connectivity index (χ4n) is 2.89. The largest absolute Gasteiger partial charge is 0.444 e. The second-order valence-corrected chi connectivity index (χ2v) is 6.87. The van der Waals surface area contributed by atoms with Crippen molar-refractivity contribution in [2.24, 2.45) is 7.05 Å². The van der Waals surface area contributed by atoms with Crippen LogP contribution in [0.25, 0.3) is 16.6 Å². The summed E-state index contributed by atoms with van der Waals surface area (Å²) in [6, 6.07) is 0. The summed E-state index contributed by atoms with van der Waals surface area (Å²) in [4.78, 5) is 22.1. The van der Waals surface area contributed by atoms with Crippen LogP contribution in [0, 0.1) is 0 Å². The van der Waals surface area contributed by atoms with Crippen LogP contribution in [0.1, 0.15) is 26.5 Å². The molecule has 1 amide bonds. The Morgan fingerprint density at radius 2 is 2.08 bits per heavy atom. The number of carbonyl (C=O) groups is 1. The zero-order valence-electron chi connectivity index (χ0n) is 14.3. The number of fused-ring (bicyclic) bond motifs is 1. The van der Waals surface area contributed by atoms with Crippen molar-refractivity contribution in [3.05, 3.63) is 18.1 Å². The minimum Gasteiger partial charge on any atom is -0.444 e. The van der Waals surface area contributed by atoms with Crippen LogP contribution in [-0.2, 0) is 11.8 Å². The fourth-order valence-corrected chi connectivity index (χ4v) is 2.89. The molecule has 0 saturated heterocycles. The molecular weight excluding hydrogens is 305 g/mol. The molecular formula is C16H20BN5O2. The lowest BCUT2D eigenvalue weighted by Crippen LogP contribution is -2.35. The molecule has 124 valence electrons. The van der Waals surface area contributed by atoms with Gasteiger partial charge in [-0.3, -0.25) is 0 Å². The van der Waals surface area contributed by atoms with Crippen molar-refractivity contribution in [2.45, 2.75) is 26.4 Å². The first-order chi connectivity index (χ1) is 11.2. The Balaban J connectivity index is 1.91. The van der Waals surface area contributed by atoms with Gasteiger partial charge in [0.2, 0.25) is 0 Å². The maximum atomic E-state index is 12.2. The first-order valence-corrected chi connectivity index (χ1v) is 7.70. The Morgan fingerprint density at radius 1 is 1.38 bits per heavy atom. The Labute approximate surface area is 141 Å². The van der Waals surface area contributed by atoms with Crippen LogP contribution in [0.4, 0.5) is 10.6 Å². The van der Waals surface area contributed by atoms with Crippen molar-refractivity contribution in [3.63, 3.8) is 0 Å². The minimum absolute atomic E-state index is 0.342. The summed E-state index contributed by atoms with van der Waals surface area (Å²) in [5, 5.41) is 0.645. The van der Waals surface area contributed by atoms with Gasteiger partial charge < -0.3 is 19.9 Å². The highest BCUT2D eigenvalue weighted by Gasteiger charge is 2.28. The Morgan fingerprint density at radius 3 is 2.71 bits per heavy atom. The van der Waals surface area contributed by atoms with Gasteiger partial charge in [-0.1, -0.05) is 11.5 Å². The van der Waals surface area contributed by atoms with Gasteiger partial charge in [0.25, 0.3) is 0 Å². The van der Waals surface area contributed by atoms with Crippen molar-refractivity contribution in [3.8, 4) is 0 Å². The molecule has 24 heavy (non-hydrogen) atoms. The molecule has 0 saturated carbocycles. The molecule has 0 spiro atoms. The average molecular weight is 325 g/mol. The molecule has 2 N–H and O–H groups in total. The molecule has 3 heterocycles. The normalized spacial score (nSPS) is 15.0. The molecule has 0 atom stereocenters. The quantitative estimate of drug-likeness (QED) is 0.790. The van der Waals surface area contributed by atoms with Gasteiger partial charge in [0.15, 0.2) is 0 Å². The molecule has 0 bridgehead atoms. The second kappa shape index (κ2) is 5.54. The van der Waals surface area contributed by atoms with E-state index >= 15 is 0 Å². The molecule has 0 aromatic carbocycles. The predicted octanol–water partition coefficient (Wildman–Crippen LogP) is 0.978. The number of hydrogen-bond donors (Lipinski definition) is 1. The van der Waals surface area contributed by atoms with Gasteiger partial charge in [-0.15, -0.1) is 0 Å². The van der Waals surface area contributed by atoms with E-state index in [1.54, 1.807) is 4.90 Å². The molecule has 7 nitrogen and oxygen atoms in total. The zero-order chi connectivity index (χ0) is 17.6. The first-order valence-electron chi connectivity index (χ1n) is 7.70. The maximum Gasteiger partial charge on any atom is 0.410 e. The fraction of sp³-hybridized carbons (Fsp3) is 0.438. The number of ether oxygens (including phenoxy) is 1. The summed E-state index contributed by atoms with van der Waals surface area (Å²) >= 11 is 0. The van der Waals surface area contributed by atoms with Gasteiger partial charge in [-0.05, 0) is 26.3 Å². The van der Waals surface area contributed by atoms with Gasteiger partial charge in [-0.25, -0.2) is 14.8 Å². The van der Waals surface area contributed by atoms with E-state index < -0.39 is 5.60 Å². The maximum absolute atomic E-state index is 12.2. The smallest absolute Gasteiger partial charge is 0.410 e. The predicted molar refractivity (Wildman–Crippen MR) is 94.1 cm³/mol. The molecule has 3 rings (SSSR count). The van der Waals surface area contributed by atoms with Crippen LogP contribution in [0.5, 0.6) is 0 Å². The van der Waals surface area contributed by atoms with Gasteiger partial charge in [0.1, 0.15) is 31.2 Å². The van der Waals surface area contributed by atoms with Crippen LogP contribution in [0.3, 0.4) is 0 Å². The third-order valence-corrected chi connectivity index (χ3v) is 3.91. The summed E-state index contributed by atoms with van der Waals surface area (Å²) in [6.07, 6.45) is 3.04. The number of aryl methyl sites for hydroxylation is 1. The van der Waals surface area contributed by atoms with E-state index in [1.807, 2.05) is 38.5 Å². The van der Waals surface area contributed by atoms with E-state index in [2.05, 4.69) is 9.97 Å². The molecule has 0 fully saturated rings. The van der Waals surface area contributed by atoms with E-state index in [0.29, 0.717) is 35.4 Å². The monoisotopic (exact) mass is 325 g/mol. The number of carbonyl (C=O) groups excluding carboxylic acids is 1. The summed E-state index contributed by atoms with van der Waals surface area (Å²) in [6.45, 7) is 6.44. The number of nitrogens with two attached hydrogens (primary N) is 1. The van der Waals surface area contributed by atoms with Crippen molar-refractivity contribution in [2.75, 3.05) is 18.8 Å². The van der Waals surface area contributed by atoms with Crippen LogP contribution in [0.15, 0.2) is 12.4 Å². The molecule has 1 aliphatic rings. The van der Waals surface area contributed by atoms with Crippen LogP contribution >= 0.6 is 0 Å². The van der Waals surface area contributed by atoms with E-state index in [1.165, 1.54) is 6.33 Å². The van der Waals surface area contributed by atoms with E-state index in [-0.39, 0.29) is 6.09 Å². The highest BCUT2D eigenvalue weighted by atomic mass is 16.6. The lowest BCUT2D eigenvalue weighted by atomic mass is 9.90. The zero-order valence-corrected chi connectivity index (χ0v) is 14.3. The van der Waals surface area contributed by atoms with Crippen molar-refractivity contribution in [1.29, 1.82) is 0 Å². The van der Waals surface area contributed by atoms with Crippen LogP contribution in [-0.4, -0.2) is 52.1 Å². The standard InChI is InChI=1S/C16H20BN5O2/c1-16(2,3)24-15(23)22-6-5-9(7-22)12-11(17)10-13(18)19-8-20-14(10)21(12)4/h5,8H,6-7H2,1-4H3,(H2,18,19,20). The summed E-state index contributed by atoms with van der Waals surface area (Å²) in [7, 11) is 8.16. The minimum atomic E-state index is -0.525. The lowest BCUT2D eigenvalue weighted by Gasteiger charge is -2.24. The Bertz CT molecular complexity index is 850. The number of anilines is 1. The molecule has 0 unspecified atom stereocenters. The van der Waals surface area contributed by atoms with Gasteiger partial charge in [-0.2, -0.15) is 0 Å². The SMILES string of the molecule is [B]c1c(C2=CCN(C(=O)OC(C)(C)C)C2)n(C)c2ncnc(N)c12. The first kappa shape index (κ1) is 16.4. The van der Waals surface area contributed by atoms with E-state index in [9.17, 15) is 4.79 Å². The Kier molecular flexibility index (Phi) is 3.78. The topological polar surface area (TPSA) is 86.3 Å². The number of nitrogen functional groups attached to an aromatic ring is 1. The summed E-state index contributed by atoms with van der Waals surface area (Å²) in [5.41, 5.74) is 8.36. The molecule has 2 aromatic heterocycles. The number of aromatic nitrogens is 3. The number of amides is 1. The number of nitrogens with zero attached hydrogens (tertiary/aromatic N) is 4. The van der Waals surface area contributed by atoms with E-state index in [0.717, 1.165) is 11.3 Å². The lowest BCUT2D eigenvalue weighted by molar-refractivity contribution is 0.0306. The van der Waals surface area contributed by atoms with Crippen LogP contribution < -0.4 is 11.2 Å². The molecule has 2 radical (unpaired) electrons. The molecule has 1 aliphatic heterocycles. The molecule has 8 heteroatoms. The third-order valence-electron chi connectivity index (χ3n) is 3.91. The second-order valence-electron chi connectivity index (χ2n) is 6.87.